The van der Waals surface area contributed by atoms with Crippen LogP contribution in [0.3, 0.4) is 0 Å². The number of aromatic nitrogens is 2. The summed E-state index contributed by atoms with van der Waals surface area (Å²) >= 11 is 0. The van der Waals surface area contributed by atoms with Gasteiger partial charge in [-0.3, -0.25) is 9.36 Å². The third kappa shape index (κ3) is 3.81. The van der Waals surface area contributed by atoms with Crippen LogP contribution < -0.4 is 22.0 Å². The predicted molar refractivity (Wildman–Crippen MR) is 101 cm³/mol. The van der Waals surface area contributed by atoms with Crippen molar-refractivity contribution in [3.8, 4) is 0 Å². The highest BCUT2D eigenvalue weighted by atomic mass is 19.1. The zero-order valence-corrected chi connectivity index (χ0v) is 15.1. The summed E-state index contributed by atoms with van der Waals surface area (Å²) in [6.07, 6.45) is 4.27. The summed E-state index contributed by atoms with van der Waals surface area (Å²) < 4.78 is 16.3. The van der Waals surface area contributed by atoms with Crippen LogP contribution in [0.1, 0.15) is 45.4 Å². The molecule has 0 saturated heterocycles. The van der Waals surface area contributed by atoms with Crippen LogP contribution in [0.25, 0.3) is 10.9 Å². The van der Waals surface area contributed by atoms with Crippen LogP contribution in [0.4, 0.5) is 14.9 Å². The average molecular weight is 378 g/mol. The van der Waals surface area contributed by atoms with E-state index in [0.29, 0.717) is 11.1 Å². The van der Waals surface area contributed by atoms with Gasteiger partial charge in [-0.15, -0.1) is 0 Å². The van der Waals surface area contributed by atoms with Gasteiger partial charge in [0.25, 0.3) is 5.56 Å². The van der Waals surface area contributed by atoms with Crippen molar-refractivity contribution < 1.29 is 14.3 Å². The second-order valence-electron chi connectivity index (χ2n) is 6.82. The first-order valence-corrected chi connectivity index (χ1v) is 9.18. The minimum atomic E-state index is -1.55. The molecule has 8 nitrogen and oxygen atoms in total. The fourth-order valence-corrected chi connectivity index (χ4v) is 3.60. The molecule has 1 aliphatic rings. The molecule has 0 bridgehead atoms. The quantitative estimate of drug-likeness (QED) is 0.742. The Balaban J connectivity index is 2.16. The number of halogens is 1. The number of nitrogens with one attached hydrogen (secondary N) is 2. The standard InChI is InChI=1S/C18H23FN4O4/c1-2-8-22-15-10-14(20-11-6-4-3-5-7-11)13(19)9-12(15)16(24)23(18(22)27)21-17(25)26/h9-11,20-21H,2-8H2,1H3,(H,25,26). The number of hydrogen-bond acceptors (Lipinski definition) is 4. The van der Waals surface area contributed by atoms with Crippen LogP contribution in [0.5, 0.6) is 0 Å². The SMILES string of the molecule is CCCn1c(=O)n(NC(=O)O)c(=O)c2cc(F)c(NC3CCCCC3)cc21. The van der Waals surface area contributed by atoms with Gasteiger partial charge in [-0.05, 0) is 31.4 Å². The van der Waals surface area contributed by atoms with Crippen molar-refractivity contribution in [2.45, 2.75) is 58.0 Å². The molecule has 2 aromatic rings. The number of aryl methyl sites for hydroxylation is 1. The number of carboxylic acid groups (broad SMARTS) is 1. The fourth-order valence-electron chi connectivity index (χ4n) is 3.60. The van der Waals surface area contributed by atoms with E-state index in [0.717, 1.165) is 31.7 Å². The van der Waals surface area contributed by atoms with Crippen LogP contribution in [-0.4, -0.2) is 26.5 Å². The number of benzene rings is 1. The first-order chi connectivity index (χ1) is 12.9. The summed E-state index contributed by atoms with van der Waals surface area (Å²) in [4.78, 5) is 36.1. The lowest BCUT2D eigenvalue weighted by molar-refractivity contribution is 0.205. The molecule has 1 saturated carbocycles. The first kappa shape index (κ1) is 18.9. The van der Waals surface area contributed by atoms with E-state index in [1.54, 1.807) is 5.43 Å². The van der Waals surface area contributed by atoms with Crippen LogP contribution in [0.2, 0.25) is 0 Å². The normalized spacial score (nSPS) is 15.0. The van der Waals surface area contributed by atoms with Crippen molar-refractivity contribution in [1.82, 2.24) is 9.24 Å². The number of carbonyl (C=O) groups is 1. The molecular weight excluding hydrogens is 355 g/mol. The maximum Gasteiger partial charge on any atom is 0.424 e. The summed E-state index contributed by atoms with van der Waals surface area (Å²) in [5, 5.41) is 12.0. The van der Waals surface area contributed by atoms with Crippen LogP contribution in [0.15, 0.2) is 21.7 Å². The maximum absolute atomic E-state index is 14.6. The van der Waals surface area contributed by atoms with E-state index in [2.05, 4.69) is 5.32 Å². The highest BCUT2D eigenvalue weighted by Crippen LogP contribution is 2.25. The Kier molecular flexibility index (Phi) is 5.48. The molecule has 146 valence electrons. The molecule has 0 atom stereocenters. The number of nitrogens with zero attached hydrogens (tertiary/aromatic N) is 2. The van der Waals surface area contributed by atoms with Gasteiger partial charge in [0.1, 0.15) is 5.82 Å². The van der Waals surface area contributed by atoms with Gasteiger partial charge in [0, 0.05) is 12.6 Å². The number of fused-ring (bicyclic) bond motifs is 1. The molecule has 1 fully saturated rings. The number of hydrogen-bond donors (Lipinski definition) is 3. The van der Waals surface area contributed by atoms with Crippen molar-refractivity contribution >= 4 is 22.7 Å². The molecule has 0 unspecified atom stereocenters. The molecule has 1 aromatic carbocycles. The van der Waals surface area contributed by atoms with Gasteiger partial charge in [0.2, 0.25) is 0 Å². The molecule has 3 N–H and O–H groups in total. The molecule has 1 heterocycles. The highest BCUT2D eigenvalue weighted by Gasteiger charge is 2.19. The summed E-state index contributed by atoms with van der Waals surface area (Å²) in [5.74, 6) is -0.603. The Labute approximate surface area is 154 Å². The molecule has 0 spiro atoms. The lowest BCUT2D eigenvalue weighted by Crippen LogP contribution is -2.46. The number of rotatable bonds is 5. The minimum absolute atomic E-state index is 0.0523. The second-order valence-corrected chi connectivity index (χ2v) is 6.82. The highest BCUT2D eigenvalue weighted by molar-refractivity contribution is 5.83. The fraction of sp³-hybridized carbons (Fsp3) is 0.500. The molecule has 1 amide bonds. The lowest BCUT2D eigenvalue weighted by Gasteiger charge is -2.24. The average Bonchev–Trinajstić information content (AvgIpc) is 2.64. The van der Waals surface area contributed by atoms with Crippen molar-refractivity contribution in [3.63, 3.8) is 0 Å². The number of anilines is 1. The summed E-state index contributed by atoms with van der Waals surface area (Å²) in [5.41, 5.74) is 0.626. The minimum Gasteiger partial charge on any atom is -0.464 e. The van der Waals surface area contributed by atoms with Crippen molar-refractivity contribution in [2.75, 3.05) is 10.7 Å². The molecular formula is C18H23FN4O4. The van der Waals surface area contributed by atoms with E-state index < -0.39 is 23.2 Å². The smallest absolute Gasteiger partial charge is 0.424 e. The van der Waals surface area contributed by atoms with Gasteiger partial charge in [0.15, 0.2) is 0 Å². The first-order valence-electron chi connectivity index (χ1n) is 9.18. The maximum atomic E-state index is 14.6. The van der Waals surface area contributed by atoms with Gasteiger partial charge in [-0.2, -0.15) is 4.68 Å². The summed E-state index contributed by atoms with van der Waals surface area (Å²) in [6, 6.07) is 2.70. The van der Waals surface area contributed by atoms with Crippen LogP contribution in [0, 0.1) is 5.82 Å². The van der Waals surface area contributed by atoms with E-state index >= 15 is 0 Å². The molecule has 0 aliphatic heterocycles. The summed E-state index contributed by atoms with van der Waals surface area (Å²) in [6.45, 7) is 2.12. The zero-order valence-electron chi connectivity index (χ0n) is 15.1. The van der Waals surface area contributed by atoms with E-state index in [9.17, 15) is 18.8 Å². The Morgan fingerprint density at radius 2 is 1.96 bits per heavy atom. The number of amides is 1. The molecule has 0 radical (unpaired) electrons. The molecule has 9 heteroatoms. The second kappa shape index (κ2) is 7.81. The molecule has 1 aromatic heterocycles. The largest absolute Gasteiger partial charge is 0.464 e. The Hall–Kier alpha value is -2.84. The van der Waals surface area contributed by atoms with Gasteiger partial charge < -0.3 is 10.4 Å². The van der Waals surface area contributed by atoms with Crippen molar-refractivity contribution in [1.29, 1.82) is 0 Å². The Morgan fingerprint density at radius 3 is 2.59 bits per heavy atom. The third-order valence-corrected chi connectivity index (χ3v) is 4.85. The Morgan fingerprint density at radius 1 is 1.26 bits per heavy atom. The molecule has 1 aliphatic carbocycles. The van der Waals surface area contributed by atoms with Crippen LogP contribution >= 0.6 is 0 Å². The van der Waals surface area contributed by atoms with E-state index in [-0.39, 0.29) is 29.2 Å². The molecule has 27 heavy (non-hydrogen) atoms. The van der Waals surface area contributed by atoms with Gasteiger partial charge >= 0.3 is 11.8 Å². The van der Waals surface area contributed by atoms with Gasteiger partial charge in [0.05, 0.1) is 16.6 Å². The zero-order chi connectivity index (χ0) is 19.6. The monoisotopic (exact) mass is 378 g/mol. The topological polar surface area (TPSA) is 105 Å². The van der Waals surface area contributed by atoms with Gasteiger partial charge in [-0.25, -0.2) is 19.4 Å². The van der Waals surface area contributed by atoms with Crippen molar-refractivity contribution in [3.05, 3.63) is 38.8 Å². The van der Waals surface area contributed by atoms with E-state index in [4.69, 9.17) is 5.11 Å². The molecule has 3 rings (SSSR count). The Bertz CT molecular complexity index is 976. The third-order valence-electron chi connectivity index (χ3n) is 4.85. The lowest BCUT2D eigenvalue weighted by atomic mass is 9.95. The van der Waals surface area contributed by atoms with Gasteiger partial charge in [-0.1, -0.05) is 26.2 Å². The van der Waals surface area contributed by atoms with E-state index in [1.165, 1.54) is 17.1 Å². The van der Waals surface area contributed by atoms with Crippen LogP contribution in [-0.2, 0) is 6.54 Å². The predicted octanol–water partition coefficient (Wildman–Crippen LogP) is 2.68. The van der Waals surface area contributed by atoms with E-state index in [1.807, 2.05) is 6.92 Å². The van der Waals surface area contributed by atoms with Crippen molar-refractivity contribution in [2.24, 2.45) is 0 Å². The summed E-state index contributed by atoms with van der Waals surface area (Å²) in [7, 11) is 0.